The van der Waals surface area contributed by atoms with Gasteiger partial charge < -0.3 is 9.73 Å². The van der Waals surface area contributed by atoms with E-state index in [-0.39, 0.29) is 41.4 Å². The van der Waals surface area contributed by atoms with Gasteiger partial charge in [-0.1, -0.05) is 0 Å². The van der Waals surface area contributed by atoms with E-state index in [1.165, 1.54) is 12.1 Å². The number of carbonyl (C=O) groups is 1. The van der Waals surface area contributed by atoms with E-state index >= 15 is 0 Å². The van der Waals surface area contributed by atoms with E-state index in [9.17, 15) is 30.8 Å². The molecule has 13 heteroatoms. The average Bonchev–Trinajstić information content (AvgIpc) is 3.45. The Morgan fingerprint density at radius 2 is 1.89 bits per heavy atom. The first kappa shape index (κ1) is 24.6. The van der Waals surface area contributed by atoms with Crippen LogP contribution >= 0.6 is 0 Å². The Bertz CT molecular complexity index is 1440. The lowest BCUT2D eigenvalue weighted by Crippen LogP contribution is -2.48. The first-order valence-corrected chi connectivity index (χ1v) is 12.8. The minimum absolute atomic E-state index is 0.00709. The van der Waals surface area contributed by atoms with Gasteiger partial charge in [0.1, 0.15) is 29.0 Å². The average molecular weight is 527 g/mol. The van der Waals surface area contributed by atoms with Gasteiger partial charge >= 0.3 is 6.18 Å². The molecular formula is C23H22F4N4O4S. The molecule has 8 nitrogen and oxygen atoms in total. The van der Waals surface area contributed by atoms with Crippen LogP contribution in [-0.2, 0) is 27.5 Å². The number of aromatic nitrogens is 2. The van der Waals surface area contributed by atoms with Gasteiger partial charge in [-0.05, 0) is 56.9 Å². The molecule has 2 aliphatic rings. The van der Waals surface area contributed by atoms with Gasteiger partial charge in [0.05, 0.1) is 12.2 Å². The maximum absolute atomic E-state index is 13.5. The zero-order valence-corrected chi connectivity index (χ0v) is 19.9. The summed E-state index contributed by atoms with van der Waals surface area (Å²) < 4.78 is 86.6. The quantitative estimate of drug-likeness (QED) is 0.485. The van der Waals surface area contributed by atoms with E-state index < -0.39 is 50.8 Å². The molecule has 0 radical (unpaired) electrons. The molecule has 2 atom stereocenters. The summed E-state index contributed by atoms with van der Waals surface area (Å²) in [5, 5.41) is 2.37. The summed E-state index contributed by atoms with van der Waals surface area (Å²) in [6.45, 7) is 1.34. The molecular weight excluding hydrogens is 504 g/mol. The van der Waals surface area contributed by atoms with Gasteiger partial charge in [0, 0.05) is 23.4 Å². The standard InChI is InChI=1S/C23H22F4N4O4S/c1-12-2-6-17(31(12)36(33,34)20-9-14-8-15(24)5-7-18(14)35-20)22(32)28-11-16-10-19(23(25,26)27)30-21(29-16)13-3-4-13/h5,7-10,12-13,17H,2-4,6,11H2,1H3,(H,28,32)/t12-,17-/m0/s1. The van der Waals surface area contributed by atoms with Crippen LogP contribution in [0.3, 0.4) is 0 Å². The fourth-order valence-corrected chi connectivity index (χ4v) is 6.20. The molecule has 2 aromatic heterocycles. The molecule has 0 spiro atoms. The summed E-state index contributed by atoms with van der Waals surface area (Å²) in [6.07, 6.45) is -2.65. The number of amides is 1. The predicted molar refractivity (Wildman–Crippen MR) is 119 cm³/mol. The molecule has 1 N–H and O–H groups in total. The molecule has 0 bridgehead atoms. The van der Waals surface area contributed by atoms with Gasteiger partial charge in [-0.15, -0.1) is 0 Å². The van der Waals surface area contributed by atoms with E-state index in [2.05, 4.69) is 15.3 Å². The number of benzene rings is 1. The third-order valence-electron chi connectivity index (χ3n) is 6.36. The van der Waals surface area contributed by atoms with Crippen molar-refractivity contribution in [2.75, 3.05) is 0 Å². The van der Waals surface area contributed by atoms with Crippen LogP contribution in [0, 0.1) is 5.82 Å². The van der Waals surface area contributed by atoms with E-state index in [1.54, 1.807) is 6.92 Å². The third-order valence-corrected chi connectivity index (χ3v) is 8.24. The maximum Gasteiger partial charge on any atom is 0.433 e. The van der Waals surface area contributed by atoms with Crippen molar-refractivity contribution in [2.45, 2.75) is 68.4 Å². The molecule has 36 heavy (non-hydrogen) atoms. The second-order valence-electron chi connectivity index (χ2n) is 9.12. The van der Waals surface area contributed by atoms with Crippen LogP contribution in [0.4, 0.5) is 17.6 Å². The van der Waals surface area contributed by atoms with E-state index in [1.807, 2.05) is 0 Å². The Balaban J connectivity index is 1.36. The molecule has 1 saturated heterocycles. The number of furan rings is 1. The van der Waals surface area contributed by atoms with Crippen LogP contribution in [0.25, 0.3) is 11.0 Å². The second kappa shape index (κ2) is 8.80. The zero-order chi connectivity index (χ0) is 25.8. The van der Waals surface area contributed by atoms with Crippen LogP contribution in [0.15, 0.2) is 39.8 Å². The molecule has 0 unspecified atom stereocenters. The third kappa shape index (κ3) is 4.69. The number of nitrogens with one attached hydrogen (secondary N) is 1. The minimum atomic E-state index is -4.66. The van der Waals surface area contributed by atoms with Gasteiger partial charge in [-0.25, -0.2) is 22.8 Å². The number of hydrogen-bond donors (Lipinski definition) is 1. The van der Waals surface area contributed by atoms with E-state index in [4.69, 9.17) is 4.42 Å². The Kier molecular flexibility index (Phi) is 6.02. The van der Waals surface area contributed by atoms with E-state index in [0.29, 0.717) is 19.3 Å². The SMILES string of the molecule is C[C@H]1CC[C@@H](C(=O)NCc2cc(C(F)(F)F)nc(C3CC3)n2)N1S(=O)(=O)c1cc2cc(F)ccc2o1. The van der Waals surface area contributed by atoms with Crippen molar-refractivity contribution in [3.8, 4) is 0 Å². The molecule has 1 aliphatic carbocycles. The number of nitrogens with zero attached hydrogens (tertiary/aromatic N) is 3. The largest absolute Gasteiger partial charge is 0.443 e. The highest BCUT2D eigenvalue weighted by Gasteiger charge is 2.45. The lowest BCUT2D eigenvalue weighted by atomic mass is 10.2. The molecule has 5 rings (SSSR count). The van der Waals surface area contributed by atoms with Crippen molar-refractivity contribution < 1.29 is 35.2 Å². The van der Waals surface area contributed by atoms with Gasteiger partial charge in [-0.2, -0.15) is 17.5 Å². The summed E-state index contributed by atoms with van der Waals surface area (Å²) >= 11 is 0. The van der Waals surface area contributed by atoms with Crippen LogP contribution in [-0.4, -0.2) is 40.7 Å². The van der Waals surface area contributed by atoms with Gasteiger partial charge in [-0.3, -0.25) is 4.79 Å². The smallest absolute Gasteiger partial charge is 0.433 e. The Hall–Kier alpha value is -3.06. The highest BCUT2D eigenvalue weighted by Crippen LogP contribution is 2.39. The molecule has 1 aliphatic heterocycles. The second-order valence-corrected chi connectivity index (χ2v) is 10.9. The molecule has 2 fully saturated rings. The normalized spacial score (nSPS) is 21.2. The summed E-state index contributed by atoms with van der Waals surface area (Å²) in [5.41, 5.74) is -0.908. The molecule has 3 aromatic rings. The predicted octanol–water partition coefficient (Wildman–Crippen LogP) is 4.12. The van der Waals surface area contributed by atoms with Crippen LogP contribution in [0.1, 0.15) is 55.7 Å². The number of halogens is 4. The molecule has 3 heterocycles. The summed E-state index contributed by atoms with van der Waals surface area (Å²) in [5.74, 6) is -1.25. The maximum atomic E-state index is 13.5. The van der Waals surface area contributed by atoms with Crippen LogP contribution < -0.4 is 5.32 Å². The Morgan fingerprint density at radius 3 is 2.58 bits per heavy atom. The fraction of sp³-hybridized carbons (Fsp3) is 0.435. The molecule has 1 aromatic carbocycles. The van der Waals surface area contributed by atoms with Gasteiger partial charge in [0.2, 0.25) is 11.0 Å². The number of carbonyl (C=O) groups excluding carboxylic acids is 1. The minimum Gasteiger partial charge on any atom is -0.443 e. The molecule has 192 valence electrons. The summed E-state index contributed by atoms with van der Waals surface area (Å²) in [7, 11) is -4.27. The van der Waals surface area contributed by atoms with Crippen molar-refractivity contribution in [2.24, 2.45) is 0 Å². The van der Waals surface area contributed by atoms with Crippen LogP contribution in [0.2, 0.25) is 0 Å². The molecule has 1 saturated carbocycles. The lowest BCUT2D eigenvalue weighted by molar-refractivity contribution is -0.141. The number of rotatable bonds is 6. The van der Waals surface area contributed by atoms with E-state index in [0.717, 1.165) is 22.5 Å². The monoisotopic (exact) mass is 526 g/mol. The first-order valence-electron chi connectivity index (χ1n) is 11.4. The van der Waals surface area contributed by atoms with Crippen molar-refractivity contribution >= 4 is 26.9 Å². The number of sulfonamides is 1. The number of alkyl halides is 3. The number of fused-ring (bicyclic) bond motifs is 1. The number of hydrogen-bond acceptors (Lipinski definition) is 6. The fourth-order valence-electron chi connectivity index (χ4n) is 4.41. The van der Waals surface area contributed by atoms with Crippen molar-refractivity contribution in [3.63, 3.8) is 0 Å². The zero-order valence-electron chi connectivity index (χ0n) is 19.0. The van der Waals surface area contributed by atoms with Crippen molar-refractivity contribution in [3.05, 3.63) is 53.4 Å². The van der Waals surface area contributed by atoms with Crippen molar-refractivity contribution in [1.82, 2.24) is 19.6 Å². The summed E-state index contributed by atoms with van der Waals surface area (Å²) in [6, 6.07) is 3.95. The first-order chi connectivity index (χ1) is 16.9. The van der Waals surface area contributed by atoms with Gasteiger partial charge in [0.25, 0.3) is 10.0 Å². The van der Waals surface area contributed by atoms with Crippen molar-refractivity contribution in [1.29, 1.82) is 0 Å². The Morgan fingerprint density at radius 1 is 1.14 bits per heavy atom. The highest BCUT2D eigenvalue weighted by atomic mass is 32.2. The Labute approximate surface area is 203 Å². The van der Waals surface area contributed by atoms with Crippen LogP contribution in [0.5, 0.6) is 0 Å². The topological polar surface area (TPSA) is 105 Å². The summed E-state index contributed by atoms with van der Waals surface area (Å²) in [4.78, 5) is 20.8. The highest BCUT2D eigenvalue weighted by molar-refractivity contribution is 7.89. The molecule has 1 amide bonds. The van der Waals surface area contributed by atoms with Gasteiger partial charge in [0.15, 0.2) is 0 Å². The lowest BCUT2D eigenvalue weighted by Gasteiger charge is -2.25.